The van der Waals surface area contributed by atoms with Crippen molar-refractivity contribution in [3.8, 4) is 0 Å². The maximum Gasteiger partial charge on any atom is 0.239 e. The van der Waals surface area contributed by atoms with Gasteiger partial charge in [-0.15, -0.1) is 0 Å². The molecule has 0 aromatic carbocycles. The molecule has 19 heavy (non-hydrogen) atoms. The minimum absolute atomic E-state index is 0.0194. The second-order valence-corrected chi connectivity index (χ2v) is 6.25. The fourth-order valence-electron chi connectivity index (χ4n) is 2.29. The molecule has 1 aliphatic carbocycles. The van der Waals surface area contributed by atoms with Crippen LogP contribution >= 0.6 is 0 Å². The second-order valence-electron chi connectivity index (χ2n) is 6.25. The maximum absolute atomic E-state index is 11.7. The highest BCUT2D eigenvalue weighted by Crippen LogP contribution is 2.25. The molecule has 5 heteroatoms. The molecular weight excluding hydrogens is 242 g/mol. The van der Waals surface area contributed by atoms with Gasteiger partial charge in [0.1, 0.15) is 0 Å². The van der Waals surface area contributed by atoms with Gasteiger partial charge in [-0.1, -0.05) is 19.3 Å². The number of carbonyl (C=O) groups excluding carboxylic acids is 2. The molecule has 1 saturated carbocycles. The van der Waals surface area contributed by atoms with Gasteiger partial charge in [0.15, 0.2) is 0 Å². The van der Waals surface area contributed by atoms with Crippen molar-refractivity contribution in [2.75, 3.05) is 13.1 Å². The van der Waals surface area contributed by atoms with Crippen LogP contribution in [-0.4, -0.2) is 30.4 Å². The Bertz CT molecular complexity index is 304. The topological polar surface area (TPSA) is 84.2 Å². The van der Waals surface area contributed by atoms with Crippen LogP contribution in [0.3, 0.4) is 0 Å². The number of nitrogens with one attached hydrogen (secondary N) is 2. The van der Waals surface area contributed by atoms with Crippen LogP contribution in [0.25, 0.3) is 0 Å². The monoisotopic (exact) mass is 269 g/mol. The van der Waals surface area contributed by atoms with Crippen molar-refractivity contribution in [1.82, 2.24) is 10.6 Å². The summed E-state index contributed by atoms with van der Waals surface area (Å²) < 4.78 is 0. The van der Waals surface area contributed by atoms with Crippen LogP contribution in [0.1, 0.15) is 52.4 Å². The van der Waals surface area contributed by atoms with Gasteiger partial charge in [-0.25, -0.2) is 0 Å². The van der Waals surface area contributed by atoms with Gasteiger partial charge in [-0.05, 0) is 32.6 Å². The van der Waals surface area contributed by atoms with Crippen molar-refractivity contribution < 1.29 is 9.59 Å². The summed E-state index contributed by atoms with van der Waals surface area (Å²) in [6.45, 7) is 4.13. The average Bonchev–Trinajstić information content (AvgIpc) is 2.34. The summed E-state index contributed by atoms with van der Waals surface area (Å²) in [4.78, 5) is 23.2. The van der Waals surface area contributed by atoms with Crippen molar-refractivity contribution >= 4 is 11.8 Å². The van der Waals surface area contributed by atoms with Gasteiger partial charge in [0, 0.05) is 18.5 Å². The second kappa shape index (κ2) is 7.48. The molecule has 5 nitrogen and oxygen atoms in total. The van der Waals surface area contributed by atoms with E-state index in [1.807, 2.05) is 13.8 Å². The normalized spacial score (nSPS) is 17.0. The van der Waals surface area contributed by atoms with Crippen molar-refractivity contribution in [2.24, 2.45) is 11.7 Å². The summed E-state index contributed by atoms with van der Waals surface area (Å²) in [7, 11) is 0. The first-order valence-corrected chi connectivity index (χ1v) is 7.19. The number of amides is 2. The lowest BCUT2D eigenvalue weighted by Crippen LogP contribution is -2.47. The van der Waals surface area contributed by atoms with E-state index in [4.69, 9.17) is 5.73 Å². The molecule has 2 amide bonds. The van der Waals surface area contributed by atoms with Crippen molar-refractivity contribution in [2.45, 2.75) is 57.9 Å². The predicted molar refractivity (Wildman–Crippen MR) is 75.5 cm³/mol. The first kappa shape index (κ1) is 16.0. The van der Waals surface area contributed by atoms with E-state index >= 15 is 0 Å². The highest BCUT2D eigenvalue weighted by atomic mass is 16.2. The van der Waals surface area contributed by atoms with E-state index in [0.717, 1.165) is 12.8 Å². The molecule has 1 fully saturated rings. The standard InChI is InChI=1S/C14H27N3O2/c1-14(2,15)10-17-13(19)9-16-12(18)8-11-6-4-3-5-7-11/h11H,3-10,15H2,1-2H3,(H,16,18)(H,17,19). The lowest BCUT2D eigenvalue weighted by Gasteiger charge is -2.21. The molecule has 110 valence electrons. The Morgan fingerprint density at radius 3 is 2.32 bits per heavy atom. The molecule has 0 unspecified atom stereocenters. The zero-order valence-electron chi connectivity index (χ0n) is 12.1. The number of rotatable bonds is 6. The maximum atomic E-state index is 11.7. The van der Waals surface area contributed by atoms with Crippen LogP contribution in [0.5, 0.6) is 0 Å². The van der Waals surface area contributed by atoms with Crippen LogP contribution in [-0.2, 0) is 9.59 Å². The Balaban J connectivity index is 2.13. The van der Waals surface area contributed by atoms with E-state index < -0.39 is 5.54 Å². The van der Waals surface area contributed by atoms with Gasteiger partial charge in [0.25, 0.3) is 0 Å². The summed E-state index contributed by atoms with van der Waals surface area (Å²) in [6.07, 6.45) is 6.57. The summed E-state index contributed by atoms with van der Waals surface area (Å²) >= 11 is 0. The van der Waals surface area contributed by atoms with E-state index in [0.29, 0.717) is 18.9 Å². The fraction of sp³-hybridized carbons (Fsp3) is 0.857. The van der Waals surface area contributed by atoms with Gasteiger partial charge in [-0.2, -0.15) is 0 Å². The zero-order chi connectivity index (χ0) is 14.3. The predicted octanol–water partition coefficient (Wildman–Crippen LogP) is 0.926. The molecular formula is C14H27N3O2. The van der Waals surface area contributed by atoms with Crippen molar-refractivity contribution in [3.05, 3.63) is 0 Å². The van der Waals surface area contributed by atoms with E-state index in [1.165, 1.54) is 19.3 Å². The van der Waals surface area contributed by atoms with Crippen LogP contribution in [0.15, 0.2) is 0 Å². The van der Waals surface area contributed by atoms with Crippen LogP contribution in [0, 0.1) is 5.92 Å². The van der Waals surface area contributed by atoms with Gasteiger partial charge < -0.3 is 16.4 Å². The van der Waals surface area contributed by atoms with E-state index in [1.54, 1.807) is 0 Å². The van der Waals surface area contributed by atoms with E-state index in [9.17, 15) is 9.59 Å². The van der Waals surface area contributed by atoms with Crippen LogP contribution in [0.4, 0.5) is 0 Å². The average molecular weight is 269 g/mol. The smallest absolute Gasteiger partial charge is 0.239 e. The Kier molecular flexibility index (Phi) is 6.28. The van der Waals surface area contributed by atoms with Crippen LogP contribution in [0.2, 0.25) is 0 Å². The Labute approximate surface area is 115 Å². The quantitative estimate of drug-likeness (QED) is 0.670. The molecule has 0 saturated heterocycles. The molecule has 0 aromatic rings. The number of nitrogens with two attached hydrogens (primary N) is 1. The van der Waals surface area contributed by atoms with E-state index in [-0.39, 0.29) is 18.4 Å². The highest BCUT2D eigenvalue weighted by Gasteiger charge is 2.17. The Hall–Kier alpha value is -1.10. The minimum Gasteiger partial charge on any atom is -0.353 e. The Morgan fingerprint density at radius 2 is 1.74 bits per heavy atom. The summed E-state index contributed by atoms with van der Waals surface area (Å²) in [6, 6.07) is 0. The molecule has 0 heterocycles. The van der Waals surface area contributed by atoms with Crippen molar-refractivity contribution in [1.29, 1.82) is 0 Å². The van der Waals surface area contributed by atoms with E-state index in [2.05, 4.69) is 10.6 Å². The highest BCUT2D eigenvalue weighted by molar-refractivity contribution is 5.84. The molecule has 4 N–H and O–H groups in total. The lowest BCUT2D eigenvalue weighted by molar-refractivity contribution is -0.126. The molecule has 0 spiro atoms. The first-order valence-electron chi connectivity index (χ1n) is 7.19. The summed E-state index contributed by atoms with van der Waals surface area (Å²) in [5.41, 5.74) is 5.33. The molecule has 1 rings (SSSR count). The number of hydrogen-bond acceptors (Lipinski definition) is 3. The summed E-state index contributed by atoms with van der Waals surface area (Å²) in [5.74, 6) is 0.296. The molecule has 1 aliphatic rings. The fourth-order valence-corrected chi connectivity index (χ4v) is 2.29. The third kappa shape index (κ3) is 7.82. The number of carbonyl (C=O) groups is 2. The van der Waals surface area contributed by atoms with Crippen molar-refractivity contribution in [3.63, 3.8) is 0 Å². The summed E-state index contributed by atoms with van der Waals surface area (Å²) in [5, 5.41) is 5.38. The molecule has 0 atom stereocenters. The third-order valence-electron chi connectivity index (χ3n) is 3.39. The molecule has 0 bridgehead atoms. The third-order valence-corrected chi connectivity index (χ3v) is 3.39. The first-order chi connectivity index (χ1) is 8.87. The van der Waals surface area contributed by atoms with Gasteiger partial charge in [0.2, 0.25) is 11.8 Å². The number of hydrogen-bond donors (Lipinski definition) is 3. The SMILES string of the molecule is CC(C)(N)CNC(=O)CNC(=O)CC1CCCCC1. The van der Waals surface area contributed by atoms with Gasteiger partial charge in [0.05, 0.1) is 6.54 Å². The Morgan fingerprint density at radius 1 is 1.11 bits per heavy atom. The largest absolute Gasteiger partial charge is 0.353 e. The van der Waals surface area contributed by atoms with Gasteiger partial charge >= 0.3 is 0 Å². The molecule has 0 aromatic heterocycles. The lowest BCUT2D eigenvalue weighted by atomic mass is 9.87. The zero-order valence-corrected chi connectivity index (χ0v) is 12.1. The van der Waals surface area contributed by atoms with Crippen LogP contribution < -0.4 is 16.4 Å². The molecule has 0 radical (unpaired) electrons. The molecule has 0 aliphatic heterocycles. The van der Waals surface area contributed by atoms with Gasteiger partial charge in [-0.3, -0.25) is 9.59 Å². The minimum atomic E-state index is -0.429.